The van der Waals surface area contributed by atoms with Crippen LogP contribution in [0.4, 0.5) is 17.3 Å². The van der Waals surface area contributed by atoms with Crippen LogP contribution in [-0.2, 0) is 22.9 Å². The Hall–Kier alpha value is -6.10. The SMILES string of the molecule is COc1cc([PH+](c2ccccc2)c2ccccc2)c(-c2c([PH+](c3ccccc3)c3ccccc3)cc(OC)nc2OC)c(OC)n1.COc1ccc(C([NH-])(c2ccc(OC)cc2)[C@@H]([NH-])C(C)C)cc1.F[B-](F)(F)F.[Cl][Ru+3]. The molecule has 10 nitrogen and oxygen atoms in total. The maximum atomic E-state index is 9.75. The predicted molar refractivity (Wildman–Crippen MR) is 304 cm³/mol. The average molecular weight is 1180 g/mol. The molecule has 2 heterocycles. The van der Waals surface area contributed by atoms with Crippen molar-refractivity contribution in [2.24, 2.45) is 5.92 Å². The molecular weight excluding hydrogens is 1120 g/mol. The molecule has 1 atom stereocenters. The molecule has 2 aromatic heterocycles. The van der Waals surface area contributed by atoms with Crippen LogP contribution in [0.15, 0.2) is 182 Å². The number of rotatable bonds is 17. The summed E-state index contributed by atoms with van der Waals surface area (Å²) in [5.74, 6) is 3.38. The first-order chi connectivity index (χ1) is 36.6. The van der Waals surface area contributed by atoms with Crippen LogP contribution in [0.1, 0.15) is 25.0 Å². The summed E-state index contributed by atoms with van der Waals surface area (Å²) < 4.78 is 73.2. The van der Waals surface area contributed by atoms with Crippen LogP contribution in [0.25, 0.3) is 22.6 Å². The molecule has 0 fully saturated rings. The number of halogens is 5. The molecule has 0 radical (unpaired) electrons. The van der Waals surface area contributed by atoms with Crippen molar-refractivity contribution in [2.75, 3.05) is 42.7 Å². The van der Waals surface area contributed by atoms with Crippen molar-refractivity contribution in [2.45, 2.75) is 25.4 Å². The third-order valence-electron chi connectivity index (χ3n) is 12.0. The summed E-state index contributed by atoms with van der Waals surface area (Å²) in [4.78, 5) is 9.70. The molecule has 398 valence electrons. The zero-order valence-corrected chi connectivity index (χ0v) is 47.6. The number of benzene rings is 6. The van der Waals surface area contributed by atoms with E-state index in [-0.39, 0.29) is 5.92 Å². The minimum atomic E-state index is -6.00. The van der Waals surface area contributed by atoms with Crippen molar-refractivity contribution in [3.8, 4) is 46.1 Å². The second kappa shape index (κ2) is 29.4. The quantitative estimate of drug-likeness (QED) is 0.0501. The summed E-state index contributed by atoms with van der Waals surface area (Å²) in [5.41, 5.74) is 19.8. The summed E-state index contributed by atoms with van der Waals surface area (Å²) in [7, 11) is 5.11. The summed E-state index contributed by atoms with van der Waals surface area (Å²) in [6.45, 7) is 3.96. The molecule has 0 spiro atoms. The first-order valence-electron chi connectivity index (χ1n) is 23.6. The number of nitrogens with one attached hydrogen (secondary N) is 2. The van der Waals surface area contributed by atoms with Gasteiger partial charge in [-0.1, -0.05) is 133 Å². The molecule has 0 unspecified atom stereocenters. The van der Waals surface area contributed by atoms with Crippen LogP contribution in [0.2, 0.25) is 0 Å². The first kappa shape index (κ1) is 60.8. The predicted octanol–water partition coefficient (Wildman–Crippen LogP) is 12.2. The van der Waals surface area contributed by atoms with E-state index in [1.807, 2.05) is 104 Å². The van der Waals surface area contributed by atoms with Crippen molar-refractivity contribution in [1.29, 1.82) is 0 Å². The third kappa shape index (κ3) is 15.5. The number of hydrogen-bond acceptors (Lipinski definition) is 8. The van der Waals surface area contributed by atoms with Crippen molar-refractivity contribution in [1.82, 2.24) is 9.97 Å². The Labute approximate surface area is 459 Å². The van der Waals surface area contributed by atoms with E-state index >= 15 is 0 Å². The number of nitrogens with zero attached hydrogens (tertiary/aromatic N) is 2. The minimum absolute atomic E-state index is 0.0525. The van der Waals surface area contributed by atoms with Gasteiger partial charge in [0.05, 0.1) is 69.6 Å². The molecule has 8 rings (SSSR count). The average Bonchev–Trinajstić information content (AvgIpc) is 3.46. The van der Waals surface area contributed by atoms with Crippen molar-refractivity contribution < 1.29 is 63.0 Å². The van der Waals surface area contributed by atoms with E-state index in [2.05, 4.69) is 119 Å². The van der Waals surface area contributed by atoms with Crippen LogP contribution in [0.3, 0.4) is 0 Å². The van der Waals surface area contributed by atoms with E-state index in [0.717, 1.165) is 44.4 Å². The fourth-order valence-corrected chi connectivity index (χ4v) is 14.0. The van der Waals surface area contributed by atoms with Gasteiger partial charge in [-0.05, 0) is 72.8 Å². The van der Waals surface area contributed by atoms with Crippen LogP contribution in [0, 0.1) is 5.92 Å². The summed E-state index contributed by atoms with van der Waals surface area (Å²) in [6, 6.07) is 60.8. The fraction of sp³-hybridized carbons (Fsp3) is 0.193. The molecular formula is C57H60BClF4N4O6P2Ru+2. The number of pyridine rings is 2. The second-order valence-corrected chi connectivity index (χ2v) is 21.8. The molecule has 0 bridgehead atoms. The van der Waals surface area contributed by atoms with Crippen LogP contribution in [0.5, 0.6) is 35.0 Å². The Morgan fingerprint density at radius 3 is 0.974 bits per heavy atom. The molecule has 8 aromatic rings. The molecule has 0 saturated carbocycles. The number of aromatic nitrogens is 2. The monoisotopic (exact) mass is 1180 g/mol. The van der Waals surface area contributed by atoms with E-state index in [0.29, 0.717) is 23.5 Å². The zero-order valence-electron chi connectivity index (χ0n) is 43.1. The van der Waals surface area contributed by atoms with Gasteiger partial charge in [0.15, 0.2) is 0 Å². The van der Waals surface area contributed by atoms with Gasteiger partial charge in [-0.2, -0.15) is 9.97 Å². The van der Waals surface area contributed by atoms with Gasteiger partial charge in [-0.25, -0.2) is 0 Å². The van der Waals surface area contributed by atoms with E-state index in [1.54, 1.807) is 42.7 Å². The van der Waals surface area contributed by atoms with E-state index in [1.165, 1.54) is 21.2 Å². The first-order valence-corrected chi connectivity index (χ1v) is 28.8. The van der Waals surface area contributed by atoms with Crippen LogP contribution < -0.4 is 60.2 Å². The van der Waals surface area contributed by atoms with Gasteiger partial charge in [0.1, 0.15) is 43.3 Å². The number of hydrogen-bond donors (Lipinski definition) is 0. The standard InChI is InChI=1S/C38H34N2O4P2.C19H24N2O2.BF4.ClH.Ru/c1-41-33-25-31(45(27-17-9-5-10-18-27)28-19-11-6-12-20-28)35(37(39-33)43-3)36-32(26-34(42-2)40-38(36)44-4)46(29-21-13-7-14-22-29)30-23-15-8-16-24-30;1-13(2)18(20)19(21,14-5-9-16(22-3)10-6-14)15-7-11-17(23-4)12-8-15;2-1(3,4)5;;/h5-26H,1-4H3;5-13,18,20-21H,1-4H3;;1H;/q;-2;-1;;+4/p+1/t;18-;;;/m.0.../s1. The Balaban J connectivity index is 0.000000296. The summed E-state index contributed by atoms with van der Waals surface area (Å²) in [6.07, 6.45) is 0. The number of methoxy groups -OCH3 is 6. The molecule has 0 saturated heterocycles. The number of ether oxygens (including phenoxy) is 6. The van der Waals surface area contributed by atoms with Gasteiger partial charge >= 0.3 is 34.3 Å². The summed E-state index contributed by atoms with van der Waals surface area (Å²) >= 11 is 1.82. The van der Waals surface area contributed by atoms with Crippen molar-refractivity contribution in [3.05, 3.63) is 205 Å². The van der Waals surface area contributed by atoms with Gasteiger partial charge < -0.3 is 57.2 Å². The van der Waals surface area contributed by atoms with Crippen molar-refractivity contribution in [3.63, 3.8) is 0 Å². The van der Waals surface area contributed by atoms with Crippen LogP contribution >= 0.6 is 25.5 Å². The van der Waals surface area contributed by atoms with Gasteiger partial charge in [0, 0.05) is 12.1 Å². The normalized spacial score (nSPS) is 11.4. The van der Waals surface area contributed by atoms with Gasteiger partial charge in [0.2, 0.25) is 23.5 Å². The topological polar surface area (TPSA) is 129 Å². The molecule has 0 aliphatic rings. The van der Waals surface area contributed by atoms with Gasteiger partial charge in [0.25, 0.3) is 0 Å². The Kier molecular flexibility index (Phi) is 23.5. The van der Waals surface area contributed by atoms with E-state index in [9.17, 15) is 17.3 Å². The third-order valence-corrected chi connectivity index (χ3v) is 17.5. The van der Waals surface area contributed by atoms with E-state index in [4.69, 9.17) is 49.9 Å². The fourth-order valence-electron chi connectivity index (χ4n) is 8.49. The van der Waals surface area contributed by atoms with Gasteiger partial charge in [-0.3, -0.25) is 0 Å². The molecule has 0 aliphatic carbocycles. The van der Waals surface area contributed by atoms with Gasteiger partial charge in [-0.15, -0.1) is 6.04 Å². The van der Waals surface area contributed by atoms with E-state index < -0.39 is 34.7 Å². The Bertz CT molecular complexity index is 2730. The molecule has 2 N–H and O–H groups in total. The molecule has 6 aromatic carbocycles. The van der Waals surface area contributed by atoms with Crippen molar-refractivity contribution >= 4 is 64.6 Å². The van der Waals surface area contributed by atoms with Crippen LogP contribution in [-0.4, -0.2) is 65.9 Å². The molecule has 76 heavy (non-hydrogen) atoms. The zero-order chi connectivity index (χ0) is 55.4. The Morgan fingerprint density at radius 2 is 0.750 bits per heavy atom. The maximum absolute atomic E-state index is 9.75. The molecule has 0 amide bonds. The second-order valence-electron chi connectivity index (χ2n) is 16.9. The molecule has 0 aliphatic heterocycles. The summed E-state index contributed by atoms with van der Waals surface area (Å²) in [5, 5.41) is 6.98. The Morgan fingerprint density at radius 1 is 0.474 bits per heavy atom. The molecule has 19 heteroatoms.